The molecule has 1 aliphatic rings. The van der Waals surface area contributed by atoms with E-state index in [1.165, 1.54) is 30.2 Å². The first-order chi connectivity index (χ1) is 11.1. The third kappa shape index (κ3) is 5.23. The summed E-state index contributed by atoms with van der Waals surface area (Å²) < 4.78 is 0. The van der Waals surface area contributed by atoms with Crippen molar-refractivity contribution in [2.24, 2.45) is 0 Å². The van der Waals surface area contributed by atoms with Gasteiger partial charge in [-0.3, -0.25) is 9.59 Å². The molecule has 0 radical (unpaired) electrons. The molecule has 0 bridgehead atoms. The van der Waals surface area contributed by atoms with Crippen molar-refractivity contribution in [2.75, 3.05) is 18.0 Å². The Bertz CT molecular complexity index is 593. The van der Waals surface area contributed by atoms with Crippen molar-refractivity contribution in [3.8, 4) is 0 Å². The van der Waals surface area contributed by atoms with Gasteiger partial charge >= 0.3 is 0 Å². The fourth-order valence-corrected chi connectivity index (χ4v) is 2.93. The van der Waals surface area contributed by atoms with E-state index in [1.807, 2.05) is 31.2 Å². The van der Waals surface area contributed by atoms with Gasteiger partial charge in [-0.2, -0.15) is 0 Å². The molecule has 0 aromatic heterocycles. The lowest BCUT2D eigenvalue weighted by Crippen LogP contribution is -2.40. The van der Waals surface area contributed by atoms with E-state index in [0.29, 0.717) is 6.54 Å². The van der Waals surface area contributed by atoms with Crippen LogP contribution in [0.2, 0.25) is 0 Å². The molecule has 0 heterocycles. The van der Waals surface area contributed by atoms with Gasteiger partial charge in [-0.05, 0) is 50.7 Å². The normalized spacial score (nSPS) is 14.1. The molecule has 1 aromatic rings. The van der Waals surface area contributed by atoms with E-state index in [0.717, 1.165) is 30.5 Å². The van der Waals surface area contributed by atoms with Gasteiger partial charge in [-0.25, -0.2) is 0 Å². The lowest BCUT2D eigenvalue weighted by atomic mass is 9.97. The molecular weight excluding hydrogens is 288 g/mol. The molecule has 2 amide bonds. The monoisotopic (exact) mass is 314 g/mol. The Balaban J connectivity index is 1.87. The molecule has 1 N–H and O–H groups in total. The number of hydrogen-bond acceptors (Lipinski definition) is 2. The summed E-state index contributed by atoms with van der Waals surface area (Å²) >= 11 is 0. The Morgan fingerprint density at radius 1 is 1.22 bits per heavy atom. The van der Waals surface area contributed by atoms with Gasteiger partial charge in [0.05, 0.1) is 0 Å². The summed E-state index contributed by atoms with van der Waals surface area (Å²) in [6.07, 6.45) is 8.05. The SMILES string of the molecule is CC(=O)N(CC(=O)NCCC1=CCCCC1)c1ccccc1C. The van der Waals surface area contributed by atoms with Gasteiger partial charge in [0.15, 0.2) is 0 Å². The maximum Gasteiger partial charge on any atom is 0.240 e. The summed E-state index contributed by atoms with van der Waals surface area (Å²) in [5.41, 5.74) is 3.23. The maximum absolute atomic E-state index is 12.2. The number of anilines is 1. The van der Waals surface area contributed by atoms with Crippen LogP contribution in [0.1, 0.15) is 44.6 Å². The molecule has 4 heteroatoms. The molecule has 0 saturated carbocycles. The van der Waals surface area contributed by atoms with E-state index >= 15 is 0 Å². The van der Waals surface area contributed by atoms with E-state index in [2.05, 4.69) is 11.4 Å². The molecule has 0 atom stereocenters. The van der Waals surface area contributed by atoms with E-state index in [4.69, 9.17) is 0 Å². The minimum absolute atomic E-state index is 0.0687. The van der Waals surface area contributed by atoms with Crippen molar-refractivity contribution < 1.29 is 9.59 Å². The van der Waals surface area contributed by atoms with Crippen LogP contribution in [-0.4, -0.2) is 24.9 Å². The Morgan fingerprint density at radius 2 is 2.00 bits per heavy atom. The number of nitrogens with one attached hydrogen (secondary N) is 1. The number of carbonyl (C=O) groups is 2. The molecule has 1 aromatic carbocycles. The largest absolute Gasteiger partial charge is 0.354 e. The van der Waals surface area contributed by atoms with Crippen molar-refractivity contribution >= 4 is 17.5 Å². The third-order valence-corrected chi connectivity index (χ3v) is 4.24. The molecule has 4 nitrogen and oxygen atoms in total. The number of carbonyl (C=O) groups excluding carboxylic acids is 2. The highest BCUT2D eigenvalue weighted by Gasteiger charge is 2.17. The second kappa shape index (κ2) is 8.51. The predicted molar refractivity (Wildman–Crippen MR) is 93.4 cm³/mol. The molecule has 0 aliphatic heterocycles. The van der Waals surface area contributed by atoms with Crippen LogP contribution in [0.5, 0.6) is 0 Å². The quantitative estimate of drug-likeness (QED) is 0.819. The first-order valence-corrected chi connectivity index (χ1v) is 8.36. The van der Waals surface area contributed by atoms with Crippen LogP contribution in [0.3, 0.4) is 0 Å². The van der Waals surface area contributed by atoms with Crippen molar-refractivity contribution in [2.45, 2.75) is 46.0 Å². The van der Waals surface area contributed by atoms with Gasteiger partial charge in [-0.1, -0.05) is 29.8 Å². The number of nitrogens with zero attached hydrogens (tertiary/aromatic N) is 1. The second-order valence-electron chi connectivity index (χ2n) is 6.10. The van der Waals surface area contributed by atoms with E-state index < -0.39 is 0 Å². The summed E-state index contributed by atoms with van der Waals surface area (Å²) in [5, 5.41) is 2.93. The fourth-order valence-electron chi connectivity index (χ4n) is 2.93. The third-order valence-electron chi connectivity index (χ3n) is 4.24. The standard InChI is InChI=1S/C19H26N2O2/c1-15-8-6-7-11-18(15)21(16(2)22)14-19(23)20-13-12-17-9-4-3-5-10-17/h6-9,11H,3-5,10,12-14H2,1-2H3,(H,20,23). The maximum atomic E-state index is 12.2. The molecule has 23 heavy (non-hydrogen) atoms. The molecule has 0 fully saturated rings. The van der Waals surface area contributed by atoms with Crippen LogP contribution in [0.15, 0.2) is 35.9 Å². The Hall–Kier alpha value is -2.10. The average Bonchev–Trinajstić information content (AvgIpc) is 2.54. The van der Waals surface area contributed by atoms with Gasteiger partial charge in [0, 0.05) is 19.2 Å². The minimum atomic E-state index is -0.121. The van der Waals surface area contributed by atoms with Crippen LogP contribution in [0.25, 0.3) is 0 Å². The zero-order chi connectivity index (χ0) is 16.7. The Kier molecular flexibility index (Phi) is 6.39. The molecule has 0 spiro atoms. The van der Waals surface area contributed by atoms with Gasteiger partial charge < -0.3 is 10.2 Å². The zero-order valence-electron chi connectivity index (χ0n) is 14.1. The molecular formula is C19H26N2O2. The Morgan fingerprint density at radius 3 is 2.65 bits per heavy atom. The van der Waals surface area contributed by atoms with E-state index in [9.17, 15) is 9.59 Å². The molecule has 124 valence electrons. The van der Waals surface area contributed by atoms with Crippen LogP contribution in [0.4, 0.5) is 5.69 Å². The fraction of sp³-hybridized carbons (Fsp3) is 0.474. The number of benzene rings is 1. The van der Waals surface area contributed by atoms with Crippen LogP contribution in [0, 0.1) is 6.92 Å². The number of hydrogen-bond donors (Lipinski definition) is 1. The highest BCUT2D eigenvalue weighted by Crippen LogP contribution is 2.20. The summed E-state index contributed by atoms with van der Waals surface area (Å²) in [4.78, 5) is 25.6. The highest BCUT2D eigenvalue weighted by atomic mass is 16.2. The second-order valence-corrected chi connectivity index (χ2v) is 6.10. The summed E-state index contributed by atoms with van der Waals surface area (Å²) in [6.45, 7) is 4.15. The lowest BCUT2D eigenvalue weighted by Gasteiger charge is -2.22. The average molecular weight is 314 g/mol. The van der Waals surface area contributed by atoms with Crippen LogP contribution in [-0.2, 0) is 9.59 Å². The van der Waals surface area contributed by atoms with Crippen molar-refractivity contribution in [3.63, 3.8) is 0 Å². The lowest BCUT2D eigenvalue weighted by molar-refractivity contribution is -0.123. The number of rotatable bonds is 6. The molecule has 0 unspecified atom stereocenters. The minimum Gasteiger partial charge on any atom is -0.354 e. The number of amides is 2. The molecule has 1 aliphatic carbocycles. The first-order valence-electron chi connectivity index (χ1n) is 8.36. The molecule has 2 rings (SSSR count). The zero-order valence-corrected chi connectivity index (χ0v) is 14.1. The van der Waals surface area contributed by atoms with Gasteiger partial charge in [0.2, 0.25) is 11.8 Å². The van der Waals surface area contributed by atoms with Crippen molar-refractivity contribution in [3.05, 3.63) is 41.5 Å². The summed E-state index contributed by atoms with van der Waals surface area (Å²) in [7, 11) is 0. The Labute approximate surface area is 138 Å². The van der Waals surface area contributed by atoms with Crippen molar-refractivity contribution in [1.82, 2.24) is 5.32 Å². The molecule has 0 saturated heterocycles. The topological polar surface area (TPSA) is 49.4 Å². The summed E-state index contributed by atoms with van der Waals surface area (Å²) in [5.74, 6) is -0.232. The van der Waals surface area contributed by atoms with Gasteiger partial charge in [-0.15, -0.1) is 0 Å². The smallest absolute Gasteiger partial charge is 0.240 e. The van der Waals surface area contributed by atoms with E-state index in [1.54, 1.807) is 0 Å². The van der Waals surface area contributed by atoms with E-state index in [-0.39, 0.29) is 18.4 Å². The number of allylic oxidation sites excluding steroid dienone is 1. The number of para-hydroxylation sites is 1. The predicted octanol–water partition coefficient (Wildman–Crippen LogP) is 3.35. The summed E-state index contributed by atoms with van der Waals surface area (Å²) in [6, 6.07) is 7.62. The van der Waals surface area contributed by atoms with Gasteiger partial charge in [0.1, 0.15) is 6.54 Å². The van der Waals surface area contributed by atoms with Crippen LogP contribution < -0.4 is 10.2 Å². The first kappa shape index (κ1) is 17.3. The van der Waals surface area contributed by atoms with Gasteiger partial charge in [0.25, 0.3) is 0 Å². The van der Waals surface area contributed by atoms with Crippen LogP contribution >= 0.6 is 0 Å². The highest BCUT2D eigenvalue weighted by molar-refractivity contribution is 5.98. The van der Waals surface area contributed by atoms with Crippen molar-refractivity contribution in [1.29, 1.82) is 0 Å². The number of aryl methyl sites for hydroxylation is 1.